The molecule has 31 heavy (non-hydrogen) atoms. The number of nitrogens with one attached hydrogen (secondary N) is 1. The lowest BCUT2D eigenvalue weighted by Crippen LogP contribution is -2.46. The lowest BCUT2D eigenvalue weighted by atomic mass is 10.0. The molecule has 3 heterocycles. The fourth-order valence-corrected chi connectivity index (χ4v) is 3.87. The molecule has 0 saturated carbocycles. The Kier molecular flexibility index (Phi) is 5.81. The topological polar surface area (TPSA) is 85.8 Å². The van der Waals surface area contributed by atoms with Crippen LogP contribution in [0, 0.1) is 0 Å². The number of pyridine rings is 1. The fourth-order valence-electron chi connectivity index (χ4n) is 3.87. The minimum absolute atomic E-state index is 0.128. The van der Waals surface area contributed by atoms with E-state index in [-0.39, 0.29) is 24.3 Å². The maximum Gasteiger partial charge on any atom is 0.278 e. The van der Waals surface area contributed by atoms with Gasteiger partial charge >= 0.3 is 0 Å². The number of imide groups is 1. The smallest absolute Gasteiger partial charge is 0.278 e. The largest absolute Gasteiger partial charge is 0.364 e. The summed E-state index contributed by atoms with van der Waals surface area (Å²) in [6.07, 6.45) is 1.65. The number of hydrogen-bond donors (Lipinski definition) is 1. The van der Waals surface area contributed by atoms with Crippen molar-refractivity contribution in [2.45, 2.75) is 13.5 Å². The van der Waals surface area contributed by atoms with Crippen molar-refractivity contribution in [3.8, 4) is 0 Å². The highest BCUT2D eigenvalue weighted by Crippen LogP contribution is 2.33. The molecule has 0 atom stereocenters. The van der Waals surface area contributed by atoms with E-state index in [1.54, 1.807) is 42.6 Å². The molecule has 4 rings (SSSR count). The van der Waals surface area contributed by atoms with Crippen LogP contribution in [-0.4, -0.2) is 70.6 Å². The van der Waals surface area contributed by atoms with E-state index in [0.29, 0.717) is 41.3 Å². The van der Waals surface area contributed by atoms with Gasteiger partial charge in [0.05, 0.1) is 17.8 Å². The van der Waals surface area contributed by atoms with Crippen LogP contribution in [-0.2, 0) is 20.9 Å². The summed E-state index contributed by atoms with van der Waals surface area (Å²) in [6.45, 7) is 4.56. The van der Waals surface area contributed by atoms with Gasteiger partial charge in [0.1, 0.15) is 5.70 Å². The number of aromatic nitrogens is 1. The van der Waals surface area contributed by atoms with Crippen molar-refractivity contribution in [2.75, 3.05) is 38.5 Å². The summed E-state index contributed by atoms with van der Waals surface area (Å²) < 4.78 is 0. The molecule has 1 N–H and O–H groups in total. The number of likely N-dealkylation sites (N-methyl/N-ethyl adjacent to an activating group) is 1. The first-order valence-corrected chi connectivity index (χ1v) is 10.3. The normalized spacial score (nSPS) is 17.5. The monoisotopic (exact) mass is 419 g/mol. The second-order valence-electron chi connectivity index (χ2n) is 7.79. The lowest BCUT2D eigenvalue weighted by Gasteiger charge is -2.34. The van der Waals surface area contributed by atoms with Crippen molar-refractivity contribution in [1.82, 2.24) is 19.7 Å². The quantitative estimate of drug-likeness (QED) is 0.741. The van der Waals surface area contributed by atoms with Crippen LogP contribution in [0.4, 0.5) is 5.69 Å². The minimum Gasteiger partial charge on any atom is -0.364 e. The zero-order valence-corrected chi connectivity index (χ0v) is 17.7. The number of rotatable bonds is 5. The first-order valence-electron chi connectivity index (χ1n) is 10.3. The summed E-state index contributed by atoms with van der Waals surface area (Å²) in [5.74, 6) is -0.781. The third kappa shape index (κ3) is 4.34. The van der Waals surface area contributed by atoms with Gasteiger partial charge in [-0.3, -0.25) is 24.3 Å². The zero-order valence-electron chi connectivity index (χ0n) is 17.7. The second kappa shape index (κ2) is 8.69. The Labute approximate surface area is 181 Å². The Bertz CT molecular complexity index is 1020. The SMILES string of the molecule is CC(=O)Nc1ccc(C2=C(N3CCN(C)CC3)C(=O)N(Cc3ccccn3)C2=O)cc1. The van der Waals surface area contributed by atoms with Gasteiger partial charge in [-0.15, -0.1) is 0 Å². The summed E-state index contributed by atoms with van der Waals surface area (Å²) in [5.41, 5.74) is 2.80. The molecule has 1 aromatic heterocycles. The fraction of sp³-hybridized carbons (Fsp3) is 0.304. The van der Waals surface area contributed by atoms with Crippen LogP contribution >= 0.6 is 0 Å². The zero-order chi connectivity index (χ0) is 22.0. The Morgan fingerprint density at radius 1 is 1.00 bits per heavy atom. The number of benzene rings is 1. The molecule has 160 valence electrons. The molecule has 2 aliphatic heterocycles. The molecule has 0 unspecified atom stereocenters. The Morgan fingerprint density at radius 3 is 2.32 bits per heavy atom. The molecule has 8 heteroatoms. The Hall–Kier alpha value is -3.52. The highest BCUT2D eigenvalue weighted by molar-refractivity contribution is 6.35. The van der Waals surface area contributed by atoms with Gasteiger partial charge in [0.2, 0.25) is 5.91 Å². The van der Waals surface area contributed by atoms with Crippen LogP contribution in [0.2, 0.25) is 0 Å². The van der Waals surface area contributed by atoms with Crippen molar-refractivity contribution in [3.63, 3.8) is 0 Å². The number of anilines is 1. The van der Waals surface area contributed by atoms with E-state index in [1.165, 1.54) is 11.8 Å². The molecule has 1 fully saturated rings. The average Bonchev–Trinajstić information content (AvgIpc) is 3.00. The second-order valence-corrected chi connectivity index (χ2v) is 7.79. The molecule has 3 amide bonds. The highest BCUT2D eigenvalue weighted by Gasteiger charge is 2.42. The van der Waals surface area contributed by atoms with Crippen LogP contribution in [0.1, 0.15) is 18.2 Å². The summed E-state index contributed by atoms with van der Waals surface area (Å²) >= 11 is 0. The average molecular weight is 419 g/mol. The van der Waals surface area contributed by atoms with Gasteiger partial charge in [-0.1, -0.05) is 18.2 Å². The molecule has 0 spiro atoms. The van der Waals surface area contributed by atoms with Crippen LogP contribution in [0.15, 0.2) is 54.4 Å². The molecule has 0 radical (unpaired) electrons. The van der Waals surface area contributed by atoms with E-state index >= 15 is 0 Å². The first kappa shape index (κ1) is 20.7. The molecular formula is C23H25N5O3. The van der Waals surface area contributed by atoms with Crippen molar-refractivity contribution in [2.24, 2.45) is 0 Å². The number of amides is 3. The molecule has 1 aromatic carbocycles. The molecule has 0 aliphatic carbocycles. The van der Waals surface area contributed by atoms with Crippen molar-refractivity contribution in [1.29, 1.82) is 0 Å². The van der Waals surface area contributed by atoms with E-state index in [4.69, 9.17) is 0 Å². The number of hydrogen-bond acceptors (Lipinski definition) is 6. The maximum atomic E-state index is 13.4. The summed E-state index contributed by atoms with van der Waals surface area (Å²) in [7, 11) is 2.04. The highest BCUT2D eigenvalue weighted by atomic mass is 16.2. The standard InChI is InChI=1S/C23H25N5O3/c1-16(29)25-18-8-6-17(7-9-18)20-21(27-13-11-26(2)12-14-27)23(31)28(22(20)30)15-19-5-3-4-10-24-19/h3-10H,11-15H2,1-2H3,(H,25,29). The van der Waals surface area contributed by atoms with E-state index in [2.05, 4.69) is 15.2 Å². The molecule has 2 aliphatic rings. The predicted octanol–water partition coefficient (Wildman–Crippen LogP) is 1.57. The first-order chi connectivity index (χ1) is 14.9. The van der Waals surface area contributed by atoms with Crippen molar-refractivity contribution < 1.29 is 14.4 Å². The summed E-state index contributed by atoms with van der Waals surface area (Å²) in [6, 6.07) is 12.5. The van der Waals surface area contributed by atoms with Gasteiger partial charge in [0.25, 0.3) is 11.8 Å². The van der Waals surface area contributed by atoms with Crippen molar-refractivity contribution in [3.05, 3.63) is 65.6 Å². The van der Waals surface area contributed by atoms with Crippen LogP contribution in [0.3, 0.4) is 0 Å². The third-order valence-corrected chi connectivity index (χ3v) is 5.50. The van der Waals surface area contributed by atoms with E-state index in [1.807, 2.05) is 18.0 Å². The maximum absolute atomic E-state index is 13.4. The molecule has 8 nitrogen and oxygen atoms in total. The lowest BCUT2D eigenvalue weighted by molar-refractivity contribution is -0.138. The van der Waals surface area contributed by atoms with E-state index < -0.39 is 0 Å². The van der Waals surface area contributed by atoms with Crippen LogP contribution in [0.25, 0.3) is 5.57 Å². The molecule has 2 aromatic rings. The minimum atomic E-state index is -0.322. The third-order valence-electron chi connectivity index (χ3n) is 5.50. The summed E-state index contributed by atoms with van der Waals surface area (Å²) in [4.78, 5) is 47.9. The number of carbonyl (C=O) groups excluding carboxylic acids is 3. The van der Waals surface area contributed by atoms with Crippen LogP contribution in [0.5, 0.6) is 0 Å². The molecular weight excluding hydrogens is 394 g/mol. The predicted molar refractivity (Wildman–Crippen MR) is 117 cm³/mol. The number of nitrogens with zero attached hydrogens (tertiary/aromatic N) is 4. The van der Waals surface area contributed by atoms with Gasteiger partial charge in [-0.2, -0.15) is 0 Å². The van der Waals surface area contributed by atoms with Gasteiger partial charge in [0.15, 0.2) is 0 Å². The van der Waals surface area contributed by atoms with Crippen molar-refractivity contribution >= 4 is 29.0 Å². The van der Waals surface area contributed by atoms with Gasteiger partial charge < -0.3 is 15.1 Å². The van der Waals surface area contributed by atoms with Gasteiger partial charge in [-0.25, -0.2) is 0 Å². The molecule has 0 bridgehead atoms. The van der Waals surface area contributed by atoms with Gasteiger partial charge in [-0.05, 0) is 36.9 Å². The van der Waals surface area contributed by atoms with E-state index in [9.17, 15) is 14.4 Å². The Balaban J connectivity index is 1.70. The number of carbonyl (C=O) groups is 3. The summed E-state index contributed by atoms with van der Waals surface area (Å²) in [5, 5.41) is 2.72. The van der Waals surface area contributed by atoms with Gasteiger partial charge in [0, 0.05) is 45.0 Å². The molecule has 1 saturated heterocycles. The van der Waals surface area contributed by atoms with Crippen LogP contribution < -0.4 is 5.32 Å². The Morgan fingerprint density at radius 2 is 1.71 bits per heavy atom. The van der Waals surface area contributed by atoms with E-state index in [0.717, 1.165) is 13.1 Å². The number of piperazine rings is 1.